The Kier molecular flexibility index (Phi) is 9.38. The molecule has 0 fully saturated rings. The van der Waals surface area contributed by atoms with Crippen LogP contribution in [0.25, 0.3) is 10.4 Å². The molecule has 3 rings (SSSR count). The van der Waals surface area contributed by atoms with Crippen molar-refractivity contribution >= 4 is 39.0 Å². The molecule has 2 aromatic carbocycles. The van der Waals surface area contributed by atoms with Gasteiger partial charge >= 0.3 is 0 Å². The Balaban J connectivity index is 1.44. The van der Waals surface area contributed by atoms with Gasteiger partial charge < -0.3 is 0 Å². The first kappa shape index (κ1) is 24.6. The molecule has 1 heterocycles. The number of unbranched alkanes of at least 4 members (excludes halogenated alkanes) is 3. The van der Waals surface area contributed by atoms with E-state index in [0.717, 1.165) is 36.3 Å². The van der Waals surface area contributed by atoms with Crippen LogP contribution in [0.3, 0.4) is 0 Å². The second-order valence-corrected chi connectivity index (χ2v) is 11.4. The molecule has 0 radical (unpaired) electrons. The maximum Gasteiger partial charge on any atom is 0.264 e. The number of hydrogen-bond donors (Lipinski definition) is 1. The molecule has 1 aromatic heterocycles. The normalized spacial score (nSPS) is 11.4. The molecule has 0 aliphatic rings. The highest BCUT2D eigenvalue weighted by atomic mass is 32.2. The summed E-state index contributed by atoms with van der Waals surface area (Å²) in [6.07, 6.45) is 3.47. The molecular weight excluding hydrogens is 458 g/mol. The number of thioether (sulfide) groups is 1. The Bertz CT molecular complexity index is 1070. The molecule has 0 saturated heterocycles. The summed E-state index contributed by atoms with van der Waals surface area (Å²) >= 11 is 3.55. The first-order chi connectivity index (χ1) is 15.5. The lowest BCUT2D eigenvalue weighted by Crippen LogP contribution is -2.32. The second-order valence-electron chi connectivity index (χ2n) is 7.67. The summed E-state index contributed by atoms with van der Waals surface area (Å²) in [5.41, 5.74) is 3.98. The number of amides is 1. The van der Waals surface area contributed by atoms with Crippen molar-refractivity contribution in [1.82, 2.24) is 4.72 Å². The van der Waals surface area contributed by atoms with Crippen molar-refractivity contribution in [3.05, 3.63) is 82.7 Å². The van der Waals surface area contributed by atoms with Crippen molar-refractivity contribution in [3.8, 4) is 10.4 Å². The zero-order valence-corrected chi connectivity index (χ0v) is 20.7. The summed E-state index contributed by atoms with van der Waals surface area (Å²) in [7, 11) is -3.58. The summed E-state index contributed by atoms with van der Waals surface area (Å²) in [6, 6.07) is 20.0. The van der Waals surface area contributed by atoms with E-state index in [1.165, 1.54) is 16.0 Å². The lowest BCUT2D eigenvalue weighted by atomic mass is 10.1. The third-order valence-electron chi connectivity index (χ3n) is 5.03. The quantitative estimate of drug-likeness (QED) is 0.297. The molecular formula is C25H29NO3S3. The van der Waals surface area contributed by atoms with Crippen LogP contribution in [-0.2, 0) is 21.5 Å². The molecule has 0 bridgehead atoms. The van der Waals surface area contributed by atoms with Gasteiger partial charge in [0.1, 0.15) is 0 Å². The molecule has 7 heteroatoms. The van der Waals surface area contributed by atoms with Gasteiger partial charge in [-0.2, -0.15) is 11.8 Å². The molecule has 4 nitrogen and oxygen atoms in total. The van der Waals surface area contributed by atoms with E-state index in [2.05, 4.69) is 53.4 Å². The summed E-state index contributed by atoms with van der Waals surface area (Å²) in [5, 5.41) is 2.08. The summed E-state index contributed by atoms with van der Waals surface area (Å²) in [6.45, 7) is 2.07. The fourth-order valence-corrected chi connectivity index (χ4v) is 6.00. The molecule has 0 saturated carbocycles. The third-order valence-corrected chi connectivity index (χ3v) is 8.34. The minimum atomic E-state index is -3.58. The van der Waals surface area contributed by atoms with Crippen LogP contribution in [0, 0.1) is 0 Å². The first-order valence-electron chi connectivity index (χ1n) is 10.8. The molecule has 0 unspecified atom stereocenters. The maximum absolute atomic E-state index is 12.3. The van der Waals surface area contributed by atoms with Crippen molar-refractivity contribution in [2.24, 2.45) is 0 Å². The third kappa shape index (κ3) is 7.80. The average molecular weight is 488 g/mol. The minimum Gasteiger partial charge on any atom is -0.268 e. The van der Waals surface area contributed by atoms with E-state index in [4.69, 9.17) is 0 Å². The van der Waals surface area contributed by atoms with Crippen molar-refractivity contribution in [2.75, 3.05) is 5.75 Å². The standard InChI is InChI=1S/C25H29NO3S3/c1-2-3-4-5-17-32(28,29)26-25(27)23-14-10-21(11-15-23)19-30-18-20-8-12-22(13-9-20)24-7-6-16-31-24/h6-16H,2-5,17-19H2,1H3,(H,26,27). The largest absolute Gasteiger partial charge is 0.268 e. The van der Waals surface area contributed by atoms with Gasteiger partial charge in [-0.05, 0) is 46.7 Å². The molecule has 1 N–H and O–H groups in total. The molecule has 170 valence electrons. The van der Waals surface area contributed by atoms with E-state index < -0.39 is 15.9 Å². The van der Waals surface area contributed by atoms with E-state index in [-0.39, 0.29) is 5.75 Å². The average Bonchev–Trinajstić information content (AvgIpc) is 3.32. The Labute approximate surface area is 199 Å². The monoisotopic (exact) mass is 487 g/mol. The van der Waals surface area contributed by atoms with Crippen molar-refractivity contribution in [2.45, 2.75) is 44.1 Å². The van der Waals surface area contributed by atoms with Crippen molar-refractivity contribution < 1.29 is 13.2 Å². The molecule has 32 heavy (non-hydrogen) atoms. The van der Waals surface area contributed by atoms with Crippen LogP contribution in [0.5, 0.6) is 0 Å². The Morgan fingerprint density at radius 3 is 2.16 bits per heavy atom. The Hall–Kier alpha value is -2.09. The number of nitrogens with one attached hydrogen (secondary N) is 1. The Morgan fingerprint density at radius 1 is 0.906 bits per heavy atom. The van der Waals surface area contributed by atoms with E-state index in [1.54, 1.807) is 35.2 Å². The van der Waals surface area contributed by atoms with Gasteiger partial charge in [0.05, 0.1) is 5.75 Å². The fraction of sp³-hybridized carbons (Fsp3) is 0.320. The van der Waals surface area contributed by atoms with Gasteiger partial charge in [0.25, 0.3) is 5.91 Å². The van der Waals surface area contributed by atoms with Crippen LogP contribution in [0.4, 0.5) is 0 Å². The van der Waals surface area contributed by atoms with Crippen LogP contribution >= 0.6 is 23.1 Å². The molecule has 0 atom stereocenters. The molecule has 0 aliphatic heterocycles. The van der Waals surface area contributed by atoms with Gasteiger partial charge in [0.2, 0.25) is 10.0 Å². The van der Waals surface area contributed by atoms with Crippen LogP contribution in [0.2, 0.25) is 0 Å². The SMILES string of the molecule is CCCCCCS(=O)(=O)NC(=O)c1ccc(CSCc2ccc(-c3cccs3)cc2)cc1. The highest BCUT2D eigenvalue weighted by Crippen LogP contribution is 2.26. The second kappa shape index (κ2) is 12.2. The number of benzene rings is 2. The van der Waals surface area contributed by atoms with Gasteiger partial charge in [-0.15, -0.1) is 11.3 Å². The topological polar surface area (TPSA) is 63.2 Å². The number of rotatable bonds is 12. The zero-order chi connectivity index (χ0) is 22.8. The zero-order valence-electron chi connectivity index (χ0n) is 18.3. The van der Waals surface area contributed by atoms with Gasteiger partial charge in [0.15, 0.2) is 0 Å². The van der Waals surface area contributed by atoms with E-state index in [9.17, 15) is 13.2 Å². The Morgan fingerprint density at radius 2 is 1.56 bits per heavy atom. The predicted molar refractivity (Wildman–Crippen MR) is 137 cm³/mol. The lowest BCUT2D eigenvalue weighted by molar-refractivity contribution is 0.0981. The smallest absolute Gasteiger partial charge is 0.264 e. The highest BCUT2D eigenvalue weighted by Gasteiger charge is 2.15. The van der Waals surface area contributed by atoms with Crippen LogP contribution in [0.15, 0.2) is 66.0 Å². The van der Waals surface area contributed by atoms with Gasteiger partial charge in [-0.1, -0.05) is 68.7 Å². The molecule has 0 aliphatic carbocycles. The lowest BCUT2D eigenvalue weighted by Gasteiger charge is -2.08. The highest BCUT2D eigenvalue weighted by molar-refractivity contribution is 7.97. The van der Waals surface area contributed by atoms with E-state index in [0.29, 0.717) is 12.0 Å². The number of carbonyl (C=O) groups excluding carboxylic acids is 1. The molecule has 0 spiro atoms. The van der Waals surface area contributed by atoms with Crippen LogP contribution < -0.4 is 4.72 Å². The fourth-order valence-electron chi connectivity index (χ4n) is 3.22. The summed E-state index contributed by atoms with van der Waals surface area (Å²) in [5.74, 6) is 1.15. The number of hydrogen-bond acceptors (Lipinski definition) is 5. The molecule has 3 aromatic rings. The predicted octanol–water partition coefficient (Wildman–Crippen LogP) is 6.49. The van der Waals surface area contributed by atoms with Gasteiger partial charge in [-0.25, -0.2) is 13.1 Å². The van der Waals surface area contributed by atoms with E-state index >= 15 is 0 Å². The minimum absolute atomic E-state index is 0.0121. The summed E-state index contributed by atoms with van der Waals surface area (Å²) < 4.78 is 26.3. The first-order valence-corrected chi connectivity index (χ1v) is 14.5. The summed E-state index contributed by atoms with van der Waals surface area (Å²) in [4.78, 5) is 13.6. The maximum atomic E-state index is 12.3. The van der Waals surface area contributed by atoms with Crippen LogP contribution in [-0.4, -0.2) is 20.1 Å². The molecule has 1 amide bonds. The van der Waals surface area contributed by atoms with Crippen molar-refractivity contribution in [3.63, 3.8) is 0 Å². The van der Waals surface area contributed by atoms with Crippen molar-refractivity contribution in [1.29, 1.82) is 0 Å². The van der Waals surface area contributed by atoms with Crippen LogP contribution in [0.1, 0.15) is 54.1 Å². The van der Waals surface area contributed by atoms with Gasteiger partial charge in [0, 0.05) is 21.9 Å². The number of carbonyl (C=O) groups is 1. The number of sulfonamides is 1. The van der Waals surface area contributed by atoms with E-state index in [1.807, 2.05) is 12.1 Å². The number of thiophene rings is 1. The van der Waals surface area contributed by atoms with Gasteiger partial charge in [-0.3, -0.25) is 4.79 Å².